The smallest absolute Gasteiger partial charge is 0.122 e. The second-order valence-electron chi connectivity index (χ2n) is 4.44. The molecule has 0 radical (unpaired) electrons. The highest BCUT2D eigenvalue weighted by atomic mass is 16.5. The molecule has 0 heterocycles. The van der Waals surface area contributed by atoms with Crippen molar-refractivity contribution in [1.82, 2.24) is 0 Å². The number of aryl methyl sites for hydroxylation is 1. The summed E-state index contributed by atoms with van der Waals surface area (Å²) in [5.74, 6) is 0.773. The van der Waals surface area contributed by atoms with Crippen molar-refractivity contribution < 1.29 is 14.6 Å². The Morgan fingerprint density at radius 3 is 2.61 bits per heavy atom. The van der Waals surface area contributed by atoms with Crippen LogP contribution in [-0.2, 0) is 4.74 Å². The van der Waals surface area contributed by atoms with Gasteiger partial charge in [-0.15, -0.1) is 0 Å². The van der Waals surface area contributed by atoms with E-state index in [2.05, 4.69) is 0 Å². The van der Waals surface area contributed by atoms with E-state index in [1.165, 1.54) is 0 Å². The molecule has 0 aliphatic heterocycles. The zero-order valence-electron chi connectivity index (χ0n) is 11.3. The molecule has 18 heavy (non-hydrogen) atoms. The third-order valence-electron chi connectivity index (χ3n) is 2.67. The summed E-state index contributed by atoms with van der Waals surface area (Å²) in [6, 6.07) is 5.86. The lowest BCUT2D eigenvalue weighted by Gasteiger charge is -2.15. The standard InChI is InChI=1S/C14H23NO3/c1-4-17-8-13(16)9-18-14-6-5-12(11(3)15)7-10(14)2/h5-7,11,13,16H,4,8-9,15H2,1-3H3. The number of aliphatic hydroxyl groups excluding tert-OH is 1. The van der Waals surface area contributed by atoms with E-state index in [9.17, 15) is 5.11 Å². The molecule has 0 aromatic heterocycles. The maximum Gasteiger partial charge on any atom is 0.122 e. The fourth-order valence-electron chi connectivity index (χ4n) is 1.61. The summed E-state index contributed by atoms with van der Waals surface area (Å²) in [5, 5.41) is 9.61. The molecule has 0 aliphatic rings. The minimum atomic E-state index is -0.600. The summed E-state index contributed by atoms with van der Waals surface area (Å²) < 4.78 is 10.7. The Labute approximate surface area is 109 Å². The van der Waals surface area contributed by atoms with Gasteiger partial charge in [0.25, 0.3) is 0 Å². The van der Waals surface area contributed by atoms with Gasteiger partial charge in [0.1, 0.15) is 18.5 Å². The first-order chi connectivity index (χ1) is 8.54. The van der Waals surface area contributed by atoms with Crippen LogP contribution in [0.4, 0.5) is 0 Å². The van der Waals surface area contributed by atoms with Crippen molar-refractivity contribution >= 4 is 0 Å². The minimum Gasteiger partial charge on any atom is -0.491 e. The molecule has 0 bridgehead atoms. The molecular formula is C14H23NO3. The van der Waals surface area contributed by atoms with Gasteiger partial charge in [0.15, 0.2) is 0 Å². The van der Waals surface area contributed by atoms with Gasteiger partial charge in [-0.05, 0) is 38.0 Å². The van der Waals surface area contributed by atoms with Crippen LogP contribution in [0.5, 0.6) is 5.75 Å². The van der Waals surface area contributed by atoms with Gasteiger partial charge in [-0.25, -0.2) is 0 Å². The fraction of sp³-hybridized carbons (Fsp3) is 0.571. The molecule has 0 saturated heterocycles. The maximum absolute atomic E-state index is 9.61. The molecule has 2 unspecified atom stereocenters. The van der Waals surface area contributed by atoms with Gasteiger partial charge in [0.2, 0.25) is 0 Å². The Kier molecular flexibility index (Phi) is 6.12. The Bertz CT molecular complexity index is 366. The van der Waals surface area contributed by atoms with Crippen molar-refractivity contribution in [2.45, 2.75) is 32.9 Å². The second-order valence-corrected chi connectivity index (χ2v) is 4.44. The molecule has 0 fully saturated rings. The van der Waals surface area contributed by atoms with Crippen molar-refractivity contribution in [3.63, 3.8) is 0 Å². The van der Waals surface area contributed by atoms with Crippen LogP contribution >= 0.6 is 0 Å². The van der Waals surface area contributed by atoms with Crippen LogP contribution in [0, 0.1) is 6.92 Å². The van der Waals surface area contributed by atoms with Crippen LogP contribution in [0.3, 0.4) is 0 Å². The molecule has 0 saturated carbocycles. The van der Waals surface area contributed by atoms with Gasteiger partial charge in [-0.1, -0.05) is 12.1 Å². The van der Waals surface area contributed by atoms with Gasteiger partial charge in [-0.3, -0.25) is 0 Å². The molecule has 1 aromatic rings. The van der Waals surface area contributed by atoms with Crippen molar-refractivity contribution in [1.29, 1.82) is 0 Å². The van der Waals surface area contributed by atoms with Crippen molar-refractivity contribution in [3.05, 3.63) is 29.3 Å². The highest BCUT2D eigenvalue weighted by Gasteiger charge is 2.08. The third-order valence-corrected chi connectivity index (χ3v) is 2.67. The predicted octanol–water partition coefficient (Wildman–Crippen LogP) is 1.79. The summed E-state index contributed by atoms with van der Waals surface area (Å²) in [7, 11) is 0. The largest absolute Gasteiger partial charge is 0.491 e. The molecule has 4 nitrogen and oxygen atoms in total. The first kappa shape index (κ1) is 15.0. The number of nitrogens with two attached hydrogens (primary N) is 1. The zero-order chi connectivity index (χ0) is 13.5. The van der Waals surface area contributed by atoms with Crippen LogP contribution < -0.4 is 10.5 Å². The lowest BCUT2D eigenvalue weighted by atomic mass is 10.1. The number of benzene rings is 1. The molecule has 102 valence electrons. The second kappa shape index (κ2) is 7.36. The van der Waals surface area contributed by atoms with E-state index in [1.807, 2.05) is 39.0 Å². The molecule has 2 atom stereocenters. The fourth-order valence-corrected chi connectivity index (χ4v) is 1.61. The summed E-state index contributed by atoms with van der Waals surface area (Å²) in [5.41, 5.74) is 7.91. The summed E-state index contributed by atoms with van der Waals surface area (Å²) in [4.78, 5) is 0. The maximum atomic E-state index is 9.61. The third kappa shape index (κ3) is 4.64. The van der Waals surface area contributed by atoms with E-state index in [0.717, 1.165) is 16.9 Å². The molecule has 0 amide bonds. The van der Waals surface area contributed by atoms with Gasteiger partial charge >= 0.3 is 0 Å². The molecular weight excluding hydrogens is 230 g/mol. The Hall–Kier alpha value is -1.10. The van der Waals surface area contributed by atoms with Crippen LogP contribution in [0.25, 0.3) is 0 Å². The quantitative estimate of drug-likeness (QED) is 0.777. The molecule has 0 spiro atoms. The van der Waals surface area contributed by atoms with Gasteiger partial charge in [-0.2, -0.15) is 0 Å². The van der Waals surface area contributed by atoms with Crippen molar-refractivity contribution in [2.75, 3.05) is 19.8 Å². The Morgan fingerprint density at radius 2 is 2.06 bits per heavy atom. The van der Waals surface area contributed by atoms with E-state index >= 15 is 0 Å². The van der Waals surface area contributed by atoms with Crippen LogP contribution in [0.2, 0.25) is 0 Å². The topological polar surface area (TPSA) is 64.7 Å². The first-order valence-corrected chi connectivity index (χ1v) is 6.29. The average Bonchev–Trinajstić information content (AvgIpc) is 2.34. The lowest BCUT2D eigenvalue weighted by molar-refractivity contribution is 0.0163. The Balaban J connectivity index is 2.52. The summed E-state index contributed by atoms with van der Waals surface area (Å²) in [6.07, 6.45) is -0.600. The first-order valence-electron chi connectivity index (χ1n) is 6.29. The number of aliphatic hydroxyl groups is 1. The van der Waals surface area contributed by atoms with Gasteiger partial charge in [0, 0.05) is 12.6 Å². The van der Waals surface area contributed by atoms with E-state index < -0.39 is 6.10 Å². The van der Waals surface area contributed by atoms with Crippen molar-refractivity contribution in [3.8, 4) is 5.75 Å². The molecule has 3 N–H and O–H groups in total. The molecule has 0 aliphatic carbocycles. The molecule has 1 aromatic carbocycles. The zero-order valence-corrected chi connectivity index (χ0v) is 11.3. The van der Waals surface area contributed by atoms with E-state index in [0.29, 0.717) is 13.2 Å². The Morgan fingerprint density at radius 1 is 1.33 bits per heavy atom. The summed E-state index contributed by atoms with van der Waals surface area (Å²) >= 11 is 0. The van der Waals surface area contributed by atoms with Crippen LogP contribution in [0.1, 0.15) is 31.0 Å². The van der Waals surface area contributed by atoms with Crippen LogP contribution in [-0.4, -0.2) is 31.0 Å². The highest BCUT2D eigenvalue weighted by molar-refractivity contribution is 5.37. The minimum absolute atomic E-state index is 0.0151. The van der Waals surface area contributed by atoms with E-state index in [1.54, 1.807) is 0 Å². The molecule has 1 rings (SSSR count). The molecule has 4 heteroatoms. The number of rotatable bonds is 7. The van der Waals surface area contributed by atoms with E-state index in [4.69, 9.17) is 15.2 Å². The predicted molar refractivity (Wildman–Crippen MR) is 71.8 cm³/mol. The number of hydrogen-bond acceptors (Lipinski definition) is 4. The SMILES string of the molecule is CCOCC(O)COc1ccc(C(C)N)cc1C. The van der Waals surface area contributed by atoms with Gasteiger partial charge in [0.05, 0.1) is 6.61 Å². The monoisotopic (exact) mass is 253 g/mol. The lowest BCUT2D eigenvalue weighted by Crippen LogP contribution is -2.23. The summed E-state index contributed by atoms with van der Waals surface area (Å²) in [6.45, 7) is 6.94. The van der Waals surface area contributed by atoms with E-state index in [-0.39, 0.29) is 12.6 Å². The van der Waals surface area contributed by atoms with Gasteiger partial charge < -0.3 is 20.3 Å². The highest BCUT2D eigenvalue weighted by Crippen LogP contribution is 2.21. The van der Waals surface area contributed by atoms with Crippen molar-refractivity contribution in [2.24, 2.45) is 5.73 Å². The average molecular weight is 253 g/mol. The normalized spacial score (nSPS) is 14.3. The van der Waals surface area contributed by atoms with Crippen LogP contribution in [0.15, 0.2) is 18.2 Å². The number of ether oxygens (including phenoxy) is 2. The number of hydrogen-bond donors (Lipinski definition) is 2.